The molecule has 0 bridgehead atoms. The predicted octanol–water partition coefficient (Wildman–Crippen LogP) is 3.37. The second-order valence-corrected chi connectivity index (χ2v) is 4.83. The van der Waals surface area contributed by atoms with Crippen molar-refractivity contribution in [1.29, 1.82) is 5.26 Å². The van der Waals surface area contributed by atoms with Crippen molar-refractivity contribution in [3.8, 4) is 11.2 Å². The molecule has 0 saturated heterocycles. The first-order valence-corrected chi connectivity index (χ1v) is 6.47. The Labute approximate surface area is 115 Å². The molecule has 4 heteroatoms. The van der Waals surface area contributed by atoms with Crippen LogP contribution in [0.3, 0.4) is 0 Å². The minimum absolute atomic E-state index is 0.127. The summed E-state index contributed by atoms with van der Waals surface area (Å²) < 4.78 is 0. The summed E-state index contributed by atoms with van der Waals surface area (Å²) in [6.45, 7) is 0. The van der Waals surface area contributed by atoms with Crippen molar-refractivity contribution in [2.45, 2.75) is 11.3 Å². The van der Waals surface area contributed by atoms with Crippen LogP contribution in [0.15, 0.2) is 47.4 Å². The molecule has 0 aliphatic heterocycles. The largest absolute Gasteiger partial charge is 0.506 e. The summed E-state index contributed by atoms with van der Waals surface area (Å²) in [7, 11) is 0. The van der Waals surface area contributed by atoms with Crippen LogP contribution in [0.25, 0.3) is 0 Å². The van der Waals surface area contributed by atoms with Gasteiger partial charge in [-0.25, -0.2) is 0 Å². The van der Waals surface area contributed by atoms with Crippen LogP contribution in [-0.4, -0.2) is 11.4 Å². The third-order valence-electron chi connectivity index (χ3n) is 2.70. The molecule has 0 radical (unpaired) electrons. The molecule has 94 valence electrons. The number of nitriles is 1. The van der Waals surface area contributed by atoms with Crippen molar-refractivity contribution in [3.63, 3.8) is 0 Å². The molecule has 0 unspecified atom stereocenters. The van der Waals surface area contributed by atoms with E-state index in [0.717, 1.165) is 22.9 Å². The van der Waals surface area contributed by atoms with Crippen LogP contribution >= 0.6 is 11.8 Å². The Hall–Kier alpha value is -2.25. The van der Waals surface area contributed by atoms with Crippen LogP contribution in [0.1, 0.15) is 21.5 Å². The standard InChI is InChI=1S/C15H11NO2S/c16-10-19-14-8-12(7-13(9-17)15(14)18)6-11-4-2-1-3-5-11/h1-5,7-9,18H,6H2. The maximum atomic E-state index is 10.9. The molecule has 0 aliphatic carbocycles. The summed E-state index contributed by atoms with van der Waals surface area (Å²) in [5, 5.41) is 20.4. The molecule has 0 fully saturated rings. The Kier molecular flexibility index (Phi) is 4.22. The van der Waals surface area contributed by atoms with Crippen LogP contribution in [0.2, 0.25) is 0 Å². The van der Waals surface area contributed by atoms with Crippen molar-refractivity contribution < 1.29 is 9.90 Å². The van der Waals surface area contributed by atoms with Gasteiger partial charge in [0.2, 0.25) is 0 Å². The summed E-state index contributed by atoms with van der Waals surface area (Å²) in [4.78, 5) is 11.4. The summed E-state index contributed by atoms with van der Waals surface area (Å²) in [5.74, 6) is -0.127. The van der Waals surface area contributed by atoms with Crippen LogP contribution in [-0.2, 0) is 6.42 Å². The fourth-order valence-corrected chi connectivity index (χ4v) is 2.36. The van der Waals surface area contributed by atoms with Crippen molar-refractivity contribution in [3.05, 3.63) is 59.2 Å². The van der Waals surface area contributed by atoms with Gasteiger partial charge >= 0.3 is 0 Å². The van der Waals surface area contributed by atoms with Gasteiger partial charge in [-0.3, -0.25) is 4.79 Å². The van der Waals surface area contributed by atoms with E-state index in [1.165, 1.54) is 0 Å². The number of aromatic hydroxyl groups is 1. The van der Waals surface area contributed by atoms with Crippen LogP contribution < -0.4 is 0 Å². The lowest BCUT2D eigenvalue weighted by molar-refractivity contribution is 0.112. The zero-order chi connectivity index (χ0) is 13.7. The monoisotopic (exact) mass is 269 g/mol. The van der Waals surface area contributed by atoms with Crippen molar-refractivity contribution in [1.82, 2.24) is 0 Å². The first-order chi connectivity index (χ1) is 9.24. The van der Waals surface area contributed by atoms with Gasteiger partial charge in [0.15, 0.2) is 6.29 Å². The van der Waals surface area contributed by atoms with E-state index < -0.39 is 0 Å². The van der Waals surface area contributed by atoms with E-state index in [9.17, 15) is 9.90 Å². The van der Waals surface area contributed by atoms with E-state index >= 15 is 0 Å². The predicted molar refractivity (Wildman–Crippen MR) is 74.2 cm³/mol. The third-order valence-corrected chi connectivity index (χ3v) is 3.32. The van der Waals surface area contributed by atoms with Crippen molar-refractivity contribution in [2.24, 2.45) is 0 Å². The molecule has 0 aliphatic rings. The molecule has 0 saturated carbocycles. The second kappa shape index (κ2) is 6.07. The van der Waals surface area contributed by atoms with Crippen LogP contribution in [0.5, 0.6) is 5.75 Å². The second-order valence-electron chi connectivity index (χ2n) is 4.01. The van der Waals surface area contributed by atoms with Crippen LogP contribution in [0, 0.1) is 10.7 Å². The van der Waals surface area contributed by atoms with Gasteiger partial charge in [0, 0.05) is 0 Å². The highest BCUT2D eigenvalue weighted by atomic mass is 32.2. The average Bonchev–Trinajstić information content (AvgIpc) is 2.43. The summed E-state index contributed by atoms with van der Waals surface area (Å²) in [6, 6.07) is 13.2. The summed E-state index contributed by atoms with van der Waals surface area (Å²) in [5.41, 5.74) is 2.22. The van der Waals surface area contributed by atoms with E-state index in [0.29, 0.717) is 17.6 Å². The summed E-state index contributed by atoms with van der Waals surface area (Å²) in [6.07, 6.45) is 1.26. The molecule has 0 heterocycles. The molecule has 0 spiro atoms. The number of hydrogen-bond donors (Lipinski definition) is 1. The zero-order valence-electron chi connectivity index (χ0n) is 10.0. The fraction of sp³-hybridized carbons (Fsp3) is 0.0667. The molecule has 0 atom stereocenters. The number of nitrogens with zero attached hydrogens (tertiary/aromatic N) is 1. The zero-order valence-corrected chi connectivity index (χ0v) is 10.9. The van der Waals surface area contributed by atoms with Crippen molar-refractivity contribution in [2.75, 3.05) is 0 Å². The molecule has 2 aromatic rings. The SMILES string of the molecule is N#CSc1cc(Cc2ccccc2)cc(C=O)c1O. The molecule has 2 rings (SSSR count). The van der Waals surface area contributed by atoms with Crippen molar-refractivity contribution >= 4 is 18.0 Å². The molecular weight excluding hydrogens is 258 g/mol. The van der Waals surface area contributed by atoms with Gasteiger partial charge in [0.25, 0.3) is 0 Å². The minimum Gasteiger partial charge on any atom is -0.506 e. The van der Waals surface area contributed by atoms with Gasteiger partial charge in [0.1, 0.15) is 11.2 Å². The van der Waals surface area contributed by atoms with E-state index in [2.05, 4.69) is 0 Å². The van der Waals surface area contributed by atoms with Gasteiger partial charge in [-0.05, 0) is 41.4 Å². The molecular formula is C15H11NO2S. The number of aldehydes is 1. The highest BCUT2D eigenvalue weighted by Gasteiger charge is 2.10. The topological polar surface area (TPSA) is 61.1 Å². The molecule has 19 heavy (non-hydrogen) atoms. The maximum Gasteiger partial charge on any atom is 0.153 e. The number of rotatable bonds is 4. The van der Waals surface area contributed by atoms with E-state index in [1.54, 1.807) is 12.1 Å². The minimum atomic E-state index is -0.127. The third kappa shape index (κ3) is 3.15. The number of phenolic OH excluding ortho intramolecular Hbond substituents is 1. The number of thioether (sulfide) groups is 1. The number of phenols is 1. The number of carbonyl (C=O) groups is 1. The van der Waals surface area contributed by atoms with E-state index in [1.807, 2.05) is 35.7 Å². The Bertz CT molecular complexity index is 633. The lowest BCUT2D eigenvalue weighted by atomic mass is 10.0. The van der Waals surface area contributed by atoms with E-state index in [4.69, 9.17) is 5.26 Å². The Balaban J connectivity index is 2.38. The normalized spacial score (nSPS) is 9.84. The number of carbonyl (C=O) groups excluding carboxylic acids is 1. The first kappa shape index (κ1) is 13.2. The molecule has 1 N–H and O–H groups in total. The Morgan fingerprint density at radius 3 is 2.58 bits per heavy atom. The quantitative estimate of drug-likeness (QED) is 0.525. The number of benzene rings is 2. The molecule has 3 nitrogen and oxygen atoms in total. The van der Waals surface area contributed by atoms with Gasteiger partial charge in [-0.2, -0.15) is 5.26 Å². The number of hydrogen-bond acceptors (Lipinski definition) is 4. The lowest BCUT2D eigenvalue weighted by Gasteiger charge is -2.07. The van der Waals surface area contributed by atoms with Crippen LogP contribution in [0.4, 0.5) is 0 Å². The molecule has 0 aromatic heterocycles. The van der Waals surface area contributed by atoms with Gasteiger partial charge in [-0.1, -0.05) is 30.3 Å². The summed E-state index contributed by atoms with van der Waals surface area (Å²) >= 11 is 0.853. The number of thiocyanates is 1. The van der Waals surface area contributed by atoms with Gasteiger partial charge in [0.05, 0.1) is 10.5 Å². The van der Waals surface area contributed by atoms with Gasteiger partial charge < -0.3 is 5.11 Å². The smallest absolute Gasteiger partial charge is 0.153 e. The fourth-order valence-electron chi connectivity index (χ4n) is 1.84. The Morgan fingerprint density at radius 1 is 1.21 bits per heavy atom. The molecule has 2 aromatic carbocycles. The average molecular weight is 269 g/mol. The molecule has 0 amide bonds. The Morgan fingerprint density at radius 2 is 1.95 bits per heavy atom. The highest BCUT2D eigenvalue weighted by Crippen LogP contribution is 2.32. The first-order valence-electron chi connectivity index (χ1n) is 5.65. The van der Waals surface area contributed by atoms with E-state index in [-0.39, 0.29) is 11.3 Å². The van der Waals surface area contributed by atoms with Gasteiger partial charge in [-0.15, -0.1) is 0 Å². The lowest BCUT2D eigenvalue weighted by Crippen LogP contribution is -1.92. The highest BCUT2D eigenvalue weighted by molar-refractivity contribution is 8.03. The maximum absolute atomic E-state index is 10.9.